The number of aryl methyl sites for hydroxylation is 1. The van der Waals surface area contributed by atoms with Crippen molar-refractivity contribution in [3.05, 3.63) is 71.2 Å². The number of carbonyl (C=O) groups excluding carboxylic acids is 1. The molecule has 0 aliphatic carbocycles. The first-order valence-corrected chi connectivity index (χ1v) is 10.8. The Hall–Kier alpha value is -2.68. The molecule has 0 bridgehead atoms. The van der Waals surface area contributed by atoms with E-state index in [-0.39, 0.29) is 17.2 Å². The number of nitrogens with one attached hydrogen (secondary N) is 1. The van der Waals surface area contributed by atoms with E-state index in [1.807, 2.05) is 12.1 Å². The summed E-state index contributed by atoms with van der Waals surface area (Å²) in [6.45, 7) is 0.440. The number of nitrogens with two attached hydrogens (primary N) is 1. The van der Waals surface area contributed by atoms with Crippen molar-refractivity contribution >= 4 is 27.5 Å². The lowest BCUT2D eigenvalue weighted by molar-refractivity contribution is -0.121. The molecule has 0 fully saturated rings. The van der Waals surface area contributed by atoms with Crippen LogP contribution in [0.1, 0.15) is 17.9 Å². The molecule has 1 heterocycles. The number of halogens is 1. The predicted molar refractivity (Wildman–Crippen MR) is 110 cm³/mol. The summed E-state index contributed by atoms with van der Waals surface area (Å²) in [4.78, 5) is 16.3. The molecular formula is C20H20ClN3O4S. The largest absolute Gasteiger partial charge is 0.441 e. The summed E-state index contributed by atoms with van der Waals surface area (Å²) in [6.07, 6.45) is 2.85. The Bertz CT molecular complexity index is 1080. The number of hydrogen-bond acceptors (Lipinski definition) is 5. The SMILES string of the molecule is NS(=O)(=O)c1ccc(CCNC(=O)CCc2ncc(-c3ccc(Cl)cc3)o2)cc1. The number of benzene rings is 2. The molecule has 1 amide bonds. The summed E-state index contributed by atoms with van der Waals surface area (Å²) in [6, 6.07) is 13.5. The molecule has 3 aromatic rings. The standard InChI is InChI=1S/C20H20ClN3O4S/c21-16-5-3-15(4-6-16)18-13-24-20(28-18)10-9-19(25)23-12-11-14-1-7-17(8-2-14)29(22,26)27/h1-8,13H,9-12H2,(H,23,25)(H2,22,26,27). The van der Waals surface area contributed by atoms with Crippen molar-refractivity contribution in [1.82, 2.24) is 10.3 Å². The molecule has 0 unspecified atom stereocenters. The number of carbonyl (C=O) groups is 1. The smallest absolute Gasteiger partial charge is 0.238 e. The van der Waals surface area contributed by atoms with Crippen molar-refractivity contribution < 1.29 is 17.6 Å². The Morgan fingerprint density at radius 1 is 1.07 bits per heavy atom. The van der Waals surface area contributed by atoms with Gasteiger partial charge >= 0.3 is 0 Å². The molecule has 0 aliphatic rings. The fraction of sp³-hybridized carbons (Fsp3) is 0.200. The minimum absolute atomic E-state index is 0.0641. The number of sulfonamides is 1. The molecule has 0 radical (unpaired) electrons. The van der Waals surface area contributed by atoms with Crippen molar-refractivity contribution in [2.24, 2.45) is 5.14 Å². The Morgan fingerprint density at radius 2 is 1.76 bits per heavy atom. The first-order valence-electron chi connectivity index (χ1n) is 8.90. The fourth-order valence-electron chi connectivity index (χ4n) is 2.67. The van der Waals surface area contributed by atoms with E-state index in [4.69, 9.17) is 21.2 Å². The Balaban J connectivity index is 1.43. The number of rotatable bonds is 8. The molecular weight excluding hydrogens is 414 g/mol. The second-order valence-electron chi connectivity index (χ2n) is 6.41. The van der Waals surface area contributed by atoms with E-state index >= 15 is 0 Å². The quantitative estimate of drug-likeness (QED) is 0.566. The highest BCUT2D eigenvalue weighted by Gasteiger charge is 2.10. The van der Waals surface area contributed by atoms with Crippen molar-refractivity contribution in [3.8, 4) is 11.3 Å². The zero-order valence-electron chi connectivity index (χ0n) is 15.5. The summed E-state index contributed by atoms with van der Waals surface area (Å²) in [5.74, 6) is 1.00. The van der Waals surface area contributed by atoms with Gasteiger partial charge in [0.25, 0.3) is 0 Å². The maximum Gasteiger partial charge on any atom is 0.238 e. The number of primary sulfonamides is 1. The predicted octanol–water partition coefficient (Wildman–Crippen LogP) is 2.93. The van der Waals surface area contributed by atoms with E-state index < -0.39 is 10.0 Å². The molecule has 152 valence electrons. The molecule has 0 spiro atoms. The number of hydrogen-bond donors (Lipinski definition) is 2. The summed E-state index contributed by atoms with van der Waals surface area (Å²) in [5, 5.41) is 8.53. The summed E-state index contributed by atoms with van der Waals surface area (Å²) in [5.41, 5.74) is 1.77. The topological polar surface area (TPSA) is 115 Å². The van der Waals surface area contributed by atoms with Gasteiger partial charge in [-0.2, -0.15) is 0 Å². The third-order valence-electron chi connectivity index (χ3n) is 4.24. The molecule has 0 aliphatic heterocycles. The van der Waals surface area contributed by atoms with Crippen LogP contribution < -0.4 is 10.5 Å². The van der Waals surface area contributed by atoms with Gasteiger partial charge in [-0.25, -0.2) is 18.5 Å². The van der Waals surface area contributed by atoms with Gasteiger partial charge < -0.3 is 9.73 Å². The van der Waals surface area contributed by atoms with Crippen molar-refractivity contribution in [1.29, 1.82) is 0 Å². The zero-order valence-corrected chi connectivity index (χ0v) is 17.0. The van der Waals surface area contributed by atoms with Gasteiger partial charge in [0.1, 0.15) is 0 Å². The third-order valence-corrected chi connectivity index (χ3v) is 5.42. The number of amides is 1. The molecule has 9 heteroatoms. The zero-order chi connectivity index (χ0) is 20.9. The van der Waals surface area contributed by atoms with Gasteiger partial charge in [0.05, 0.1) is 11.1 Å². The lowest BCUT2D eigenvalue weighted by atomic mass is 10.1. The molecule has 1 aromatic heterocycles. The lowest BCUT2D eigenvalue weighted by Crippen LogP contribution is -2.25. The van der Waals surface area contributed by atoms with Gasteiger partial charge in [0.2, 0.25) is 15.9 Å². The first-order chi connectivity index (χ1) is 13.8. The average Bonchev–Trinajstić information content (AvgIpc) is 3.16. The van der Waals surface area contributed by atoms with E-state index in [0.29, 0.717) is 36.1 Å². The maximum absolute atomic E-state index is 12.0. The molecule has 29 heavy (non-hydrogen) atoms. The van der Waals surface area contributed by atoms with Crippen LogP contribution in [0.2, 0.25) is 5.02 Å². The van der Waals surface area contributed by atoms with Crippen LogP contribution >= 0.6 is 11.6 Å². The van der Waals surface area contributed by atoms with Gasteiger partial charge in [-0.3, -0.25) is 4.79 Å². The second kappa shape index (κ2) is 9.21. The third kappa shape index (κ3) is 6.15. The van der Waals surface area contributed by atoms with Gasteiger partial charge in [-0.1, -0.05) is 23.7 Å². The fourth-order valence-corrected chi connectivity index (χ4v) is 3.32. The molecule has 3 N–H and O–H groups in total. The van der Waals surface area contributed by atoms with E-state index in [1.54, 1.807) is 30.5 Å². The highest BCUT2D eigenvalue weighted by Crippen LogP contribution is 2.22. The van der Waals surface area contributed by atoms with E-state index in [9.17, 15) is 13.2 Å². The molecule has 2 aromatic carbocycles. The normalized spacial score (nSPS) is 11.4. The highest BCUT2D eigenvalue weighted by atomic mass is 35.5. The van der Waals surface area contributed by atoms with Crippen LogP contribution in [0, 0.1) is 0 Å². The Kier molecular flexibility index (Phi) is 6.68. The molecule has 0 saturated heterocycles. The van der Waals surface area contributed by atoms with Crippen molar-refractivity contribution in [3.63, 3.8) is 0 Å². The van der Waals surface area contributed by atoms with Gasteiger partial charge in [0, 0.05) is 30.0 Å². The second-order valence-corrected chi connectivity index (χ2v) is 8.41. The number of oxazole rings is 1. The van der Waals surface area contributed by atoms with Gasteiger partial charge in [-0.15, -0.1) is 0 Å². The van der Waals surface area contributed by atoms with Gasteiger partial charge in [-0.05, 0) is 48.4 Å². The Labute approximate surface area is 173 Å². The van der Waals surface area contributed by atoms with Crippen LogP contribution in [-0.4, -0.2) is 25.9 Å². The van der Waals surface area contributed by atoms with Crippen molar-refractivity contribution in [2.45, 2.75) is 24.2 Å². The van der Waals surface area contributed by atoms with E-state index in [0.717, 1.165) is 11.1 Å². The Morgan fingerprint density at radius 3 is 2.41 bits per heavy atom. The monoisotopic (exact) mass is 433 g/mol. The molecule has 7 nitrogen and oxygen atoms in total. The number of nitrogens with zero attached hydrogens (tertiary/aromatic N) is 1. The van der Waals surface area contributed by atoms with E-state index in [1.165, 1.54) is 12.1 Å². The molecule has 0 atom stereocenters. The minimum Gasteiger partial charge on any atom is -0.441 e. The molecule has 3 rings (SSSR count). The van der Waals surface area contributed by atoms with Crippen LogP contribution in [0.15, 0.2) is 64.0 Å². The summed E-state index contributed by atoms with van der Waals surface area (Å²) >= 11 is 5.87. The highest BCUT2D eigenvalue weighted by molar-refractivity contribution is 7.89. The van der Waals surface area contributed by atoms with Crippen LogP contribution in [0.4, 0.5) is 0 Å². The summed E-state index contributed by atoms with van der Waals surface area (Å²) < 4.78 is 28.1. The molecule has 0 saturated carbocycles. The van der Waals surface area contributed by atoms with E-state index in [2.05, 4.69) is 10.3 Å². The summed E-state index contributed by atoms with van der Waals surface area (Å²) in [7, 11) is -3.70. The van der Waals surface area contributed by atoms with Crippen LogP contribution in [0.3, 0.4) is 0 Å². The first kappa shape index (κ1) is 21.0. The van der Waals surface area contributed by atoms with Gasteiger partial charge in [0.15, 0.2) is 11.7 Å². The number of aromatic nitrogens is 1. The minimum atomic E-state index is -3.70. The van der Waals surface area contributed by atoms with Crippen LogP contribution in [-0.2, 0) is 27.7 Å². The van der Waals surface area contributed by atoms with Crippen LogP contribution in [0.5, 0.6) is 0 Å². The van der Waals surface area contributed by atoms with Crippen LogP contribution in [0.25, 0.3) is 11.3 Å². The average molecular weight is 434 g/mol. The maximum atomic E-state index is 12.0. The van der Waals surface area contributed by atoms with Crippen molar-refractivity contribution in [2.75, 3.05) is 6.54 Å². The lowest BCUT2D eigenvalue weighted by Gasteiger charge is -2.05.